The molecule has 1 saturated carbocycles. The number of carbonyl (C=O) groups is 2. The van der Waals surface area contributed by atoms with Gasteiger partial charge in [0.2, 0.25) is 21.8 Å². The van der Waals surface area contributed by atoms with E-state index < -0.39 is 22.0 Å². The summed E-state index contributed by atoms with van der Waals surface area (Å²) >= 11 is 0. The van der Waals surface area contributed by atoms with Crippen molar-refractivity contribution >= 4 is 21.8 Å². The number of amides is 2. The molecule has 1 aliphatic heterocycles. The highest BCUT2D eigenvalue weighted by Gasteiger charge is 2.35. The molecule has 8 nitrogen and oxygen atoms in total. The minimum Gasteiger partial charge on any atom is -0.497 e. The Balaban J connectivity index is 1.44. The Kier molecular flexibility index (Phi) is 7.53. The number of rotatable bonds is 9. The van der Waals surface area contributed by atoms with Crippen molar-refractivity contribution in [3.63, 3.8) is 0 Å². The van der Waals surface area contributed by atoms with Gasteiger partial charge in [0.15, 0.2) is 0 Å². The van der Waals surface area contributed by atoms with Gasteiger partial charge in [-0.05, 0) is 55.5 Å². The fourth-order valence-corrected chi connectivity index (χ4v) is 5.67. The van der Waals surface area contributed by atoms with E-state index in [2.05, 4.69) is 10.6 Å². The van der Waals surface area contributed by atoms with E-state index >= 15 is 0 Å². The Morgan fingerprint density at radius 1 is 1.06 bits per heavy atom. The highest BCUT2D eigenvalue weighted by Crippen LogP contribution is 2.25. The van der Waals surface area contributed by atoms with E-state index in [0.717, 1.165) is 18.4 Å². The Labute approximate surface area is 200 Å². The molecule has 2 fully saturated rings. The van der Waals surface area contributed by atoms with Crippen LogP contribution in [0.5, 0.6) is 5.75 Å². The van der Waals surface area contributed by atoms with E-state index in [1.165, 1.54) is 23.5 Å². The van der Waals surface area contributed by atoms with Crippen LogP contribution in [0.3, 0.4) is 0 Å². The first-order valence-corrected chi connectivity index (χ1v) is 13.1. The minimum absolute atomic E-state index is 0.0858. The number of nitrogens with zero attached hydrogens (tertiary/aromatic N) is 1. The zero-order valence-corrected chi connectivity index (χ0v) is 20.1. The topological polar surface area (TPSA) is 105 Å². The number of ether oxygens (including phenoxy) is 1. The number of sulfonamides is 1. The van der Waals surface area contributed by atoms with E-state index in [1.54, 1.807) is 12.1 Å². The number of benzene rings is 2. The van der Waals surface area contributed by atoms with Crippen LogP contribution in [0.4, 0.5) is 0 Å². The summed E-state index contributed by atoms with van der Waals surface area (Å²) in [5.41, 5.74) is 0.950. The molecule has 2 aromatic carbocycles. The number of carbonyl (C=O) groups excluding carboxylic acids is 2. The molecule has 1 saturated heterocycles. The normalized spacial score (nSPS) is 19.7. The largest absolute Gasteiger partial charge is 0.497 e. The summed E-state index contributed by atoms with van der Waals surface area (Å²) in [5, 5.41) is 5.88. The van der Waals surface area contributed by atoms with Gasteiger partial charge in [-0.3, -0.25) is 9.59 Å². The monoisotopic (exact) mass is 485 g/mol. The molecule has 2 aliphatic rings. The number of nitrogens with one attached hydrogen (secondary N) is 2. The van der Waals surface area contributed by atoms with Crippen LogP contribution < -0.4 is 15.4 Å². The fourth-order valence-electron chi connectivity index (χ4n) is 4.15. The highest BCUT2D eigenvalue weighted by molar-refractivity contribution is 7.89. The van der Waals surface area contributed by atoms with Gasteiger partial charge in [0.1, 0.15) is 11.8 Å². The predicted molar refractivity (Wildman–Crippen MR) is 128 cm³/mol. The van der Waals surface area contributed by atoms with Crippen molar-refractivity contribution in [1.29, 1.82) is 0 Å². The van der Waals surface area contributed by atoms with Crippen LogP contribution in [0, 0.1) is 5.92 Å². The number of piperidine rings is 1. The van der Waals surface area contributed by atoms with Crippen molar-refractivity contribution in [2.75, 3.05) is 20.2 Å². The third kappa shape index (κ3) is 5.95. The van der Waals surface area contributed by atoms with Gasteiger partial charge in [0, 0.05) is 25.6 Å². The zero-order valence-electron chi connectivity index (χ0n) is 19.3. The SMILES string of the molecule is COc1ccc(S(=O)(=O)N2CCC[C@H](C(=O)N[C@@H](Cc3ccccc3)C(=O)NC3CC3)C2)cc1. The molecule has 2 atom stereocenters. The van der Waals surface area contributed by atoms with Gasteiger partial charge in [-0.2, -0.15) is 4.31 Å². The lowest BCUT2D eigenvalue weighted by Gasteiger charge is -2.32. The number of hydrogen-bond acceptors (Lipinski definition) is 5. The van der Waals surface area contributed by atoms with Crippen molar-refractivity contribution in [3.8, 4) is 5.75 Å². The first-order chi connectivity index (χ1) is 16.4. The molecular weight excluding hydrogens is 454 g/mol. The third-order valence-corrected chi connectivity index (χ3v) is 8.17. The Morgan fingerprint density at radius 2 is 1.76 bits per heavy atom. The second-order valence-corrected chi connectivity index (χ2v) is 10.8. The standard InChI is InChI=1S/C25H31N3O5S/c1-33-21-11-13-22(14-12-21)34(31,32)28-15-5-8-19(17-28)24(29)27-23(25(30)26-20-9-10-20)16-18-6-3-2-4-7-18/h2-4,6-7,11-14,19-20,23H,5,8-10,15-17H2,1H3,(H,26,30)(H,27,29)/t19-,23-/m0/s1. The van der Waals surface area contributed by atoms with E-state index in [-0.39, 0.29) is 29.3 Å². The maximum Gasteiger partial charge on any atom is 0.243 e. The number of hydrogen-bond donors (Lipinski definition) is 2. The molecule has 4 rings (SSSR count). The van der Waals surface area contributed by atoms with Crippen LogP contribution >= 0.6 is 0 Å². The molecule has 182 valence electrons. The van der Waals surface area contributed by atoms with Gasteiger partial charge in [-0.1, -0.05) is 30.3 Å². The van der Waals surface area contributed by atoms with Crippen LogP contribution in [-0.2, 0) is 26.0 Å². The highest BCUT2D eigenvalue weighted by atomic mass is 32.2. The lowest BCUT2D eigenvalue weighted by Crippen LogP contribution is -2.52. The van der Waals surface area contributed by atoms with Crippen LogP contribution in [0.15, 0.2) is 59.5 Å². The molecule has 34 heavy (non-hydrogen) atoms. The molecule has 0 unspecified atom stereocenters. The van der Waals surface area contributed by atoms with Gasteiger partial charge in [-0.25, -0.2) is 8.42 Å². The first kappa shape index (κ1) is 24.2. The molecule has 2 amide bonds. The van der Waals surface area contributed by atoms with Crippen molar-refractivity contribution in [1.82, 2.24) is 14.9 Å². The fraction of sp³-hybridized carbons (Fsp3) is 0.440. The molecule has 0 aromatic heterocycles. The molecule has 1 aliphatic carbocycles. The van der Waals surface area contributed by atoms with Gasteiger partial charge in [-0.15, -0.1) is 0 Å². The maximum absolute atomic E-state index is 13.2. The second kappa shape index (κ2) is 10.6. The Hall–Kier alpha value is -2.91. The van der Waals surface area contributed by atoms with Crippen LogP contribution in [0.25, 0.3) is 0 Å². The van der Waals surface area contributed by atoms with Gasteiger partial charge < -0.3 is 15.4 Å². The second-order valence-electron chi connectivity index (χ2n) is 8.91. The van der Waals surface area contributed by atoms with Crippen molar-refractivity contribution in [3.05, 3.63) is 60.2 Å². The average Bonchev–Trinajstić information content (AvgIpc) is 3.68. The van der Waals surface area contributed by atoms with E-state index in [9.17, 15) is 18.0 Å². The zero-order chi connectivity index (χ0) is 24.1. The summed E-state index contributed by atoms with van der Waals surface area (Å²) in [7, 11) is -2.21. The molecule has 9 heteroatoms. The summed E-state index contributed by atoms with van der Waals surface area (Å²) < 4.78 is 32.8. The Bertz CT molecular complexity index is 1100. The molecular formula is C25H31N3O5S. The van der Waals surface area contributed by atoms with Crippen molar-refractivity contribution in [2.24, 2.45) is 5.92 Å². The third-order valence-electron chi connectivity index (χ3n) is 6.29. The summed E-state index contributed by atoms with van der Waals surface area (Å²) in [6, 6.07) is 15.3. The van der Waals surface area contributed by atoms with Crippen LogP contribution in [0.1, 0.15) is 31.2 Å². The van der Waals surface area contributed by atoms with E-state index in [0.29, 0.717) is 31.6 Å². The van der Waals surface area contributed by atoms with Crippen molar-refractivity contribution in [2.45, 2.75) is 49.1 Å². The van der Waals surface area contributed by atoms with Crippen molar-refractivity contribution < 1.29 is 22.7 Å². The van der Waals surface area contributed by atoms with Crippen LogP contribution in [0.2, 0.25) is 0 Å². The molecule has 1 heterocycles. The average molecular weight is 486 g/mol. The molecule has 0 spiro atoms. The Morgan fingerprint density at radius 3 is 2.41 bits per heavy atom. The van der Waals surface area contributed by atoms with Gasteiger partial charge >= 0.3 is 0 Å². The van der Waals surface area contributed by atoms with Gasteiger partial charge in [0.05, 0.1) is 17.9 Å². The summed E-state index contributed by atoms with van der Waals surface area (Å²) in [4.78, 5) is 26.2. The minimum atomic E-state index is -3.74. The quantitative estimate of drug-likeness (QED) is 0.566. The molecule has 0 bridgehead atoms. The smallest absolute Gasteiger partial charge is 0.243 e. The molecule has 0 radical (unpaired) electrons. The van der Waals surface area contributed by atoms with Gasteiger partial charge in [0.25, 0.3) is 0 Å². The maximum atomic E-state index is 13.2. The van der Waals surface area contributed by atoms with E-state index in [1.807, 2.05) is 30.3 Å². The predicted octanol–water partition coefficient (Wildman–Crippen LogP) is 2.10. The lowest BCUT2D eigenvalue weighted by atomic mass is 9.97. The van der Waals surface area contributed by atoms with E-state index in [4.69, 9.17) is 4.74 Å². The summed E-state index contributed by atoms with van der Waals surface area (Å²) in [6.07, 6.45) is 3.44. The van der Waals surface area contributed by atoms with Crippen LogP contribution in [-0.4, -0.2) is 56.8 Å². The summed E-state index contributed by atoms with van der Waals surface area (Å²) in [5.74, 6) is -0.433. The first-order valence-electron chi connectivity index (χ1n) is 11.7. The summed E-state index contributed by atoms with van der Waals surface area (Å²) in [6.45, 7) is 0.441. The molecule has 2 N–H and O–H groups in total. The molecule has 2 aromatic rings. The lowest BCUT2D eigenvalue weighted by molar-refractivity contribution is -0.131. The number of methoxy groups -OCH3 is 1.